The number of ether oxygens (including phenoxy) is 1. The number of benzene rings is 2. The zero-order chi connectivity index (χ0) is 16.2. The Morgan fingerprint density at radius 3 is 2.61 bits per heavy atom. The number of fused-ring (bicyclic) bond motifs is 1. The Morgan fingerprint density at radius 1 is 1.13 bits per heavy atom. The van der Waals surface area contributed by atoms with Crippen LogP contribution in [-0.4, -0.2) is 25.0 Å². The van der Waals surface area contributed by atoms with E-state index in [4.69, 9.17) is 4.74 Å². The van der Waals surface area contributed by atoms with E-state index >= 15 is 0 Å². The molecule has 3 aromatic rings. The maximum atomic E-state index is 11.9. The van der Waals surface area contributed by atoms with Crippen LogP contribution < -0.4 is 10.1 Å². The van der Waals surface area contributed by atoms with Gasteiger partial charge in [0.2, 0.25) is 5.91 Å². The highest BCUT2D eigenvalue weighted by Gasteiger charge is 2.15. The van der Waals surface area contributed by atoms with E-state index in [0.717, 1.165) is 33.4 Å². The first-order valence-electron chi connectivity index (χ1n) is 7.38. The first-order chi connectivity index (χ1) is 11.2. The molecule has 0 unspecified atom stereocenters. The van der Waals surface area contributed by atoms with Crippen LogP contribution in [0.25, 0.3) is 16.5 Å². The molecule has 0 saturated heterocycles. The first kappa shape index (κ1) is 14.9. The number of H-pyrrole nitrogens is 1. The molecule has 1 heterocycles. The smallest absolute Gasteiger partial charge is 0.244 e. The third kappa shape index (κ3) is 2.83. The molecular formula is C19H18N2O2. The molecule has 4 heteroatoms. The predicted octanol–water partition coefficient (Wildman–Crippen LogP) is 3.35. The lowest BCUT2D eigenvalue weighted by molar-refractivity contribution is -0.116. The fraction of sp³-hybridized carbons (Fsp3) is 0.105. The fourth-order valence-electron chi connectivity index (χ4n) is 2.66. The number of aromatic amines is 1. The molecule has 0 spiro atoms. The predicted molar refractivity (Wildman–Crippen MR) is 92.4 cm³/mol. The summed E-state index contributed by atoms with van der Waals surface area (Å²) in [5.74, 6) is 0.573. The van der Waals surface area contributed by atoms with Gasteiger partial charge in [-0.15, -0.1) is 0 Å². The van der Waals surface area contributed by atoms with E-state index in [9.17, 15) is 4.79 Å². The SMILES string of the molecule is CNC(=O)/C=C(\c1ccccc1)c1ccc2cc[nH]c2c1OC. The van der Waals surface area contributed by atoms with Gasteiger partial charge in [0.15, 0.2) is 5.75 Å². The summed E-state index contributed by atoms with van der Waals surface area (Å²) < 4.78 is 5.63. The number of carbonyl (C=O) groups is 1. The largest absolute Gasteiger partial charge is 0.494 e. The molecule has 3 rings (SSSR count). The van der Waals surface area contributed by atoms with Crippen LogP contribution >= 0.6 is 0 Å². The van der Waals surface area contributed by atoms with Gasteiger partial charge in [0.1, 0.15) is 0 Å². The number of rotatable bonds is 4. The van der Waals surface area contributed by atoms with Crippen molar-refractivity contribution in [1.82, 2.24) is 10.3 Å². The van der Waals surface area contributed by atoms with Gasteiger partial charge in [0.05, 0.1) is 12.6 Å². The van der Waals surface area contributed by atoms with Gasteiger partial charge in [-0.25, -0.2) is 0 Å². The minimum atomic E-state index is -0.155. The highest BCUT2D eigenvalue weighted by atomic mass is 16.5. The molecule has 0 bridgehead atoms. The molecule has 2 aromatic carbocycles. The lowest BCUT2D eigenvalue weighted by Gasteiger charge is -2.14. The van der Waals surface area contributed by atoms with E-state index in [0.29, 0.717) is 0 Å². The van der Waals surface area contributed by atoms with Crippen LogP contribution in [0.4, 0.5) is 0 Å². The number of hydrogen-bond donors (Lipinski definition) is 2. The molecule has 4 nitrogen and oxygen atoms in total. The summed E-state index contributed by atoms with van der Waals surface area (Å²) in [6, 6.07) is 15.8. The summed E-state index contributed by atoms with van der Waals surface area (Å²) in [7, 11) is 3.26. The normalized spacial score (nSPS) is 11.5. The highest BCUT2D eigenvalue weighted by Crippen LogP contribution is 2.36. The molecule has 0 aliphatic heterocycles. The van der Waals surface area contributed by atoms with Crippen molar-refractivity contribution in [2.24, 2.45) is 0 Å². The highest BCUT2D eigenvalue weighted by molar-refractivity contribution is 6.02. The quantitative estimate of drug-likeness (QED) is 0.726. The topological polar surface area (TPSA) is 54.1 Å². The second kappa shape index (κ2) is 6.40. The molecule has 0 aliphatic carbocycles. The molecule has 0 saturated carbocycles. The average molecular weight is 306 g/mol. The number of amides is 1. The zero-order valence-electron chi connectivity index (χ0n) is 13.1. The van der Waals surface area contributed by atoms with Crippen molar-refractivity contribution < 1.29 is 9.53 Å². The van der Waals surface area contributed by atoms with Gasteiger partial charge in [-0.3, -0.25) is 4.79 Å². The number of aromatic nitrogens is 1. The third-order valence-electron chi connectivity index (χ3n) is 3.78. The van der Waals surface area contributed by atoms with Gasteiger partial charge >= 0.3 is 0 Å². The van der Waals surface area contributed by atoms with Crippen molar-refractivity contribution in [3.05, 3.63) is 71.9 Å². The first-order valence-corrected chi connectivity index (χ1v) is 7.38. The molecule has 0 fully saturated rings. The van der Waals surface area contributed by atoms with Gasteiger partial charge in [-0.2, -0.15) is 0 Å². The summed E-state index contributed by atoms with van der Waals surface area (Å²) in [6.45, 7) is 0. The Kier molecular flexibility index (Phi) is 4.15. The number of methoxy groups -OCH3 is 1. The van der Waals surface area contributed by atoms with Crippen LogP contribution in [0.2, 0.25) is 0 Å². The fourth-order valence-corrected chi connectivity index (χ4v) is 2.66. The van der Waals surface area contributed by atoms with E-state index < -0.39 is 0 Å². The Labute approximate surface area is 134 Å². The van der Waals surface area contributed by atoms with Crippen molar-refractivity contribution in [2.75, 3.05) is 14.2 Å². The number of hydrogen-bond acceptors (Lipinski definition) is 2. The van der Waals surface area contributed by atoms with E-state index in [-0.39, 0.29) is 5.91 Å². The minimum Gasteiger partial charge on any atom is -0.494 e. The second-order valence-electron chi connectivity index (χ2n) is 5.13. The van der Waals surface area contributed by atoms with Crippen molar-refractivity contribution in [3.8, 4) is 5.75 Å². The van der Waals surface area contributed by atoms with E-state index in [1.54, 1.807) is 20.2 Å². The van der Waals surface area contributed by atoms with Gasteiger partial charge in [-0.1, -0.05) is 36.4 Å². The Balaban J connectivity index is 2.25. The summed E-state index contributed by atoms with van der Waals surface area (Å²) in [5, 5.41) is 3.71. The van der Waals surface area contributed by atoms with Crippen LogP contribution in [0.3, 0.4) is 0 Å². The third-order valence-corrected chi connectivity index (χ3v) is 3.78. The number of nitrogens with one attached hydrogen (secondary N) is 2. The van der Waals surface area contributed by atoms with Crippen LogP contribution in [0.1, 0.15) is 11.1 Å². The Morgan fingerprint density at radius 2 is 1.91 bits per heavy atom. The molecular weight excluding hydrogens is 288 g/mol. The monoisotopic (exact) mass is 306 g/mol. The number of likely N-dealkylation sites (N-methyl/N-ethyl adjacent to an activating group) is 1. The zero-order valence-corrected chi connectivity index (χ0v) is 13.1. The van der Waals surface area contributed by atoms with Crippen molar-refractivity contribution >= 4 is 22.4 Å². The maximum Gasteiger partial charge on any atom is 0.244 e. The Hall–Kier alpha value is -3.01. The van der Waals surface area contributed by atoms with Crippen LogP contribution in [-0.2, 0) is 4.79 Å². The molecule has 23 heavy (non-hydrogen) atoms. The van der Waals surface area contributed by atoms with Crippen molar-refractivity contribution in [1.29, 1.82) is 0 Å². The molecule has 0 radical (unpaired) electrons. The van der Waals surface area contributed by atoms with Crippen molar-refractivity contribution in [2.45, 2.75) is 0 Å². The maximum absolute atomic E-state index is 11.9. The number of carbonyl (C=O) groups excluding carboxylic acids is 1. The Bertz CT molecular complexity index is 863. The molecule has 2 N–H and O–H groups in total. The summed E-state index contributed by atoms with van der Waals surface area (Å²) in [5.41, 5.74) is 3.57. The van der Waals surface area contributed by atoms with Crippen molar-refractivity contribution in [3.63, 3.8) is 0 Å². The second-order valence-corrected chi connectivity index (χ2v) is 5.13. The summed E-state index contributed by atoms with van der Waals surface area (Å²) in [6.07, 6.45) is 3.48. The summed E-state index contributed by atoms with van der Waals surface area (Å²) >= 11 is 0. The van der Waals surface area contributed by atoms with E-state index in [1.165, 1.54) is 0 Å². The van der Waals surface area contributed by atoms with Crippen LogP contribution in [0.5, 0.6) is 5.75 Å². The van der Waals surface area contributed by atoms with Gasteiger partial charge in [-0.05, 0) is 23.3 Å². The lowest BCUT2D eigenvalue weighted by Crippen LogP contribution is -2.15. The average Bonchev–Trinajstić information content (AvgIpc) is 3.08. The van der Waals surface area contributed by atoms with E-state index in [1.807, 2.05) is 54.7 Å². The minimum absolute atomic E-state index is 0.155. The van der Waals surface area contributed by atoms with Gasteiger partial charge in [0, 0.05) is 30.3 Å². The summed E-state index contributed by atoms with van der Waals surface area (Å²) in [4.78, 5) is 15.1. The van der Waals surface area contributed by atoms with Crippen LogP contribution in [0, 0.1) is 0 Å². The molecule has 0 atom stereocenters. The molecule has 1 amide bonds. The molecule has 116 valence electrons. The van der Waals surface area contributed by atoms with Gasteiger partial charge < -0.3 is 15.0 Å². The van der Waals surface area contributed by atoms with Crippen LogP contribution in [0.15, 0.2) is 60.8 Å². The standard InChI is InChI=1S/C19H18N2O2/c1-20-17(22)12-16(13-6-4-3-5-7-13)15-9-8-14-10-11-21-18(14)19(15)23-2/h3-12,21H,1-2H3,(H,20,22)/b16-12+. The van der Waals surface area contributed by atoms with Gasteiger partial charge in [0.25, 0.3) is 0 Å². The van der Waals surface area contributed by atoms with E-state index in [2.05, 4.69) is 10.3 Å². The molecule has 0 aliphatic rings. The molecule has 1 aromatic heterocycles. The lowest BCUT2D eigenvalue weighted by atomic mass is 9.95.